The monoisotopic (exact) mass is 442 g/mol. The number of methoxy groups -OCH3 is 1. The molecule has 0 saturated carbocycles. The van der Waals surface area contributed by atoms with Gasteiger partial charge in [0.15, 0.2) is 0 Å². The van der Waals surface area contributed by atoms with Crippen molar-refractivity contribution in [3.05, 3.63) is 81.6 Å². The van der Waals surface area contributed by atoms with E-state index in [0.717, 1.165) is 11.3 Å². The Morgan fingerprint density at radius 3 is 2.84 bits per heavy atom. The zero-order valence-corrected chi connectivity index (χ0v) is 17.7. The molecule has 1 aromatic heterocycles. The van der Waals surface area contributed by atoms with Crippen molar-refractivity contribution in [3.63, 3.8) is 0 Å². The highest BCUT2D eigenvalue weighted by molar-refractivity contribution is 6.30. The lowest BCUT2D eigenvalue weighted by molar-refractivity contribution is 0.0600. The summed E-state index contributed by atoms with van der Waals surface area (Å²) in [5.41, 5.74) is 3.29. The van der Waals surface area contributed by atoms with Crippen molar-refractivity contribution >= 4 is 29.3 Å². The molecule has 2 N–H and O–H groups in total. The quantitative estimate of drug-likeness (QED) is 0.585. The molecule has 9 heteroatoms. The van der Waals surface area contributed by atoms with Gasteiger partial charge in [-0.25, -0.2) is 19.0 Å². The Morgan fingerprint density at radius 2 is 2.10 bits per heavy atom. The molecule has 1 aliphatic rings. The number of hydrogen-bond acceptors (Lipinski definition) is 4. The summed E-state index contributed by atoms with van der Waals surface area (Å²) in [7, 11) is 1.29. The molecule has 0 spiro atoms. The van der Waals surface area contributed by atoms with E-state index >= 15 is 0 Å². The number of nitrogens with one attached hydrogen (secondary N) is 2. The molecule has 1 atom stereocenters. The maximum atomic E-state index is 14.8. The van der Waals surface area contributed by atoms with E-state index in [4.69, 9.17) is 16.3 Å². The molecule has 7 nitrogen and oxygen atoms in total. The number of rotatable bonds is 3. The number of H-pyrrole nitrogens is 1. The van der Waals surface area contributed by atoms with Crippen LogP contribution >= 0.6 is 11.6 Å². The molecule has 3 aromatic rings. The van der Waals surface area contributed by atoms with Gasteiger partial charge in [-0.3, -0.25) is 0 Å². The van der Waals surface area contributed by atoms with Crippen LogP contribution in [-0.2, 0) is 11.2 Å². The lowest BCUT2D eigenvalue weighted by Crippen LogP contribution is -2.43. The van der Waals surface area contributed by atoms with Gasteiger partial charge < -0.3 is 19.9 Å². The number of amides is 2. The molecule has 2 heterocycles. The van der Waals surface area contributed by atoms with Crippen LogP contribution in [0.3, 0.4) is 0 Å². The van der Waals surface area contributed by atoms with Crippen LogP contribution < -0.4 is 5.32 Å². The van der Waals surface area contributed by atoms with Gasteiger partial charge in [0.05, 0.1) is 24.7 Å². The van der Waals surface area contributed by atoms with Crippen molar-refractivity contribution in [1.82, 2.24) is 14.9 Å². The third-order valence-corrected chi connectivity index (χ3v) is 5.58. The Bertz CT molecular complexity index is 1160. The Hall–Kier alpha value is -3.39. The predicted octanol–water partition coefficient (Wildman–Crippen LogP) is 4.48. The number of ether oxygens (including phenoxy) is 1. The molecule has 0 aliphatic carbocycles. The summed E-state index contributed by atoms with van der Waals surface area (Å²) in [5, 5.41) is 3.11. The van der Waals surface area contributed by atoms with Crippen LogP contribution in [-0.4, -0.2) is 40.5 Å². The summed E-state index contributed by atoms with van der Waals surface area (Å²) in [6, 6.07) is 8.12. The van der Waals surface area contributed by atoms with Crippen molar-refractivity contribution in [2.75, 3.05) is 19.0 Å². The summed E-state index contributed by atoms with van der Waals surface area (Å²) in [4.78, 5) is 34.1. The number of urea groups is 1. The Morgan fingerprint density at radius 1 is 1.29 bits per heavy atom. The second-order valence-corrected chi connectivity index (χ2v) is 7.67. The molecule has 4 rings (SSSR count). The lowest BCUT2D eigenvalue weighted by Gasteiger charge is -2.35. The number of aromatic nitrogens is 2. The van der Waals surface area contributed by atoms with E-state index in [-0.39, 0.29) is 5.02 Å². The standard InChI is InChI=1S/C22H20ClFN4O3/c1-12-3-4-13(21(29)31-2)9-18(12)27-22(30)28-8-7-17-19(26-11-25-17)20(28)15-6-5-14(23)10-16(15)24/h3-6,9-11,20H,7-8H2,1-2H3,(H,25,26)(H,27,30)/t20-/m0/s1. The molecule has 31 heavy (non-hydrogen) atoms. The molecule has 2 amide bonds. The zero-order valence-electron chi connectivity index (χ0n) is 16.9. The normalized spacial score (nSPS) is 15.4. The van der Waals surface area contributed by atoms with Crippen LogP contribution in [0.1, 0.15) is 38.9 Å². The molecule has 0 unspecified atom stereocenters. The molecule has 2 aromatic carbocycles. The molecular weight excluding hydrogens is 423 g/mol. The van der Waals surface area contributed by atoms with Crippen LogP contribution in [0.5, 0.6) is 0 Å². The largest absolute Gasteiger partial charge is 0.465 e. The third-order valence-electron chi connectivity index (χ3n) is 5.34. The minimum Gasteiger partial charge on any atom is -0.465 e. The average molecular weight is 443 g/mol. The molecule has 0 fully saturated rings. The topological polar surface area (TPSA) is 87.3 Å². The first-order chi connectivity index (χ1) is 14.9. The van der Waals surface area contributed by atoms with Crippen LogP contribution in [0.25, 0.3) is 0 Å². The van der Waals surface area contributed by atoms with Gasteiger partial charge in [0.25, 0.3) is 0 Å². The minimum absolute atomic E-state index is 0.269. The number of carbonyl (C=O) groups is 2. The van der Waals surface area contributed by atoms with E-state index in [0.29, 0.717) is 35.5 Å². The highest BCUT2D eigenvalue weighted by Crippen LogP contribution is 2.36. The Labute approximate surface area is 183 Å². The van der Waals surface area contributed by atoms with E-state index in [1.54, 1.807) is 30.3 Å². The van der Waals surface area contributed by atoms with Gasteiger partial charge in [-0.15, -0.1) is 0 Å². The maximum absolute atomic E-state index is 14.8. The van der Waals surface area contributed by atoms with Crippen molar-refractivity contribution in [1.29, 1.82) is 0 Å². The van der Waals surface area contributed by atoms with Crippen LogP contribution in [0.2, 0.25) is 5.02 Å². The number of aromatic amines is 1. The molecular formula is C22H20ClFN4O3. The number of carbonyl (C=O) groups excluding carboxylic acids is 2. The first kappa shape index (κ1) is 20.9. The zero-order chi connectivity index (χ0) is 22.1. The number of nitrogens with zero attached hydrogens (tertiary/aromatic N) is 2. The smallest absolute Gasteiger partial charge is 0.337 e. The fourth-order valence-electron chi connectivity index (χ4n) is 3.72. The molecule has 0 radical (unpaired) electrons. The number of fused-ring (bicyclic) bond motifs is 1. The van der Waals surface area contributed by atoms with Crippen molar-refractivity contribution < 1.29 is 18.7 Å². The fourth-order valence-corrected chi connectivity index (χ4v) is 3.88. The highest BCUT2D eigenvalue weighted by atomic mass is 35.5. The van der Waals surface area contributed by atoms with Gasteiger partial charge in [-0.1, -0.05) is 23.7 Å². The summed E-state index contributed by atoms with van der Waals surface area (Å²) in [6.45, 7) is 2.17. The summed E-state index contributed by atoms with van der Waals surface area (Å²) in [5.74, 6) is -1.02. The Kier molecular flexibility index (Phi) is 5.65. The van der Waals surface area contributed by atoms with Crippen molar-refractivity contribution in [2.45, 2.75) is 19.4 Å². The first-order valence-electron chi connectivity index (χ1n) is 9.62. The number of halogens is 2. The summed E-state index contributed by atoms with van der Waals surface area (Å²) >= 11 is 5.92. The van der Waals surface area contributed by atoms with Gasteiger partial charge in [-0.2, -0.15) is 0 Å². The summed E-state index contributed by atoms with van der Waals surface area (Å²) < 4.78 is 19.6. The molecule has 0 saturated heterocycles. The second-order valence-electron chi connectivity index (χ2n) is 7.23. The fraction of sp³-hybridized carbons (Fsp3) is 0.227. The van der Waals surface area contributed by atoms with Crippen LogP contribution in [0, 0.1) is 12.7 Å². The summed E-state index contributed by atoms with van der Waals surface area (Å²) in [6.07, 6.45) is 2.09. The van der Waals surface area contributed by atoms with Crippen molar-refractivity contribution in [3.8, 4) is 0 Å². The second kappa shape index (κ2) is 8.39. The first-order valence-corrected chi connectivity index (χ1v) is 10.0. The number of esters is 1. The van der Waals surface area contributed by atoms with E-state index in [1.807, 2.05) is 6.92 Å². The number of hydrogen-bond donors (Lipinski definition) is 2. The molecule has 1 aliphatic heterocycles. The minimum atomic E-state index is -0.726. The number of anilines is 1. The Balaban J connectivity index is 1.69. The van der Waals surface area contributed by atoms with E-state index in [9.17, 15) is 14.0 Å². The van der Waals surface area contributed by atoms with Gasteiger partial charge in [-0.05, 0) is 36.8 Å². The number of benzene rings is 2. The van der Waals surface area contributed by atoms with Gasteiger partial charge >= 0.3 is 12.0 Å². The van der Waals surface area contributed by atoms with E-state index in [2.05, 4.69) is 15.3 Å². The van der Waals surface area contributed by atoms with Gasteiger partial charge in [0.1, 0.15) is 11.9 Å². The van der Waals surface area contributed by atoms with E-state index in [1.165, 1.54) is 24.4 Å². The van der Waals surface area contributed by atoms with Crippen molar-refractivity contribution in [2.24, 2.45) is 0 Å². The molecule has 160 valence electrons. The SMILES string of the molecule is COC(=O)c1ccc(C)c(NC(=O)N2CCc3[nH]cnc3[C@@H]2c2ccc(Cl)cc2F)c1. The van der Waals surface area contributed by atoms with Crippen LogP contribution in [0.15, 0.2) is 42.7 Å². The number of imidazole rings is 1. The third kappa shape index (κ3) is 3.98. The predicted molar refractivity (Wildman–Crippen MR) is 114 cm³/mol. The van der Waals surface area contributed by atoms with Gasteiger partial charge in [0, 0.05) is 34.9 Å². The van der Waals surface area contributed by atoms with Crippen LogP contribution in [0.4, 0.5) is 14.9 Å². The molecule has 0 bridgehead atoms. The van der Waals surface area contributed by atoms with Gasteiger partial charge in [0.2, 0.25) is 0 Å². The lowest BCUT2D eigenvalue weighted by atomic mass is 9.95. The average Bonchev–Trinajstić information content (AvgIpc) is 3.23. The highest BCUT2D eigenvalue weighted by Gasteiger charge is 2.36. The number of aryl methyl sites for hydroxylation is 1. The van der Waals surface area contributed by atoms with E-state index < -0.39 is 23.9 Å². The maximum Gasteiger partial charge on any atom is 0.337 e.